The molecule has 0 bridgehead atoms. The first kappa shape index (κ1) is 24.0. The number of carbonyl (C=O) groups is 1. The number of halogens is 1. The van der Waals surface area contributed by atoms with Crippen molar-refractivity contribution in [1.82, 2.24) is 8.87 Å². The molecule has 3 aromatic rings. The molecule has 1 heterocycles. The van der Waals surface area contributed by atoms with Gasteiger partial charge in [0.1, 0.15) is 0 Å². The van der Waals surface area contributed by atoms with Crippen LogP contribution in [0.1, 0.15) is 24.2 Å². The molecule has 6 nitrogen and oxygen atoms in total. The molecule has 2 aromatic carbocycles. The predicted octanol–water partition coefficient (Wildman–Crippen LogP) is 4.49. The zero-order valence-electron chi connectivity index (χ0n) is 17.5. The third-order valence-electron chi connectivity index (χ3n) is 4.81. The van der Waals surface area contributed by atoms with Crippen LogP contribution in [-0.2, 0) is 16.6 Å². The van der Waals surface area contributed by atoms with Crippen LogP contribution in [0, 0.1) is 0 Å². The minimum atomic E-state index is -3.57. The van der Waals surface area contributed by atoms with Crippen molar-refractivity contribution in [3.63, 3.8) is 0 Å². The molecule has 0 N–H and O–H groups in total. The van der Waals surface area contributed by atoms with E-state index < -0.39 is 15.9 Å². The molecule has 0 aliphatic heterocycles. The molecule has 0 atom stereocenters. The Bertz CT molecular complexity index is 1240. The zero-order valence-corrected chi connectivity index (χ0v) is 20.7. The molecule has 0 fully saturated rings. The largest absolute Gasteiger partial charge is 0.316 e. The number of amides is 1. The van der Waals surface area contributed by atoms with Crippen molar-refractivity contribution in [2.75, 3.05) is 25.1 Å². The maximum Gasteiger partial charge on any atom is 0.279 e. The summed E-state index contributed by atoms with van der Waals surface area (Å²) in [7, 11) is -3.57. The number of benzene rings is 2. The first-order valence-corrected chi connectivity index (χ1v) is 13.8. The van der Waals surface area contributed by atoms with Gasteiger partial charge in [-0.25, -0.2) is 8.42 Å². The second kappa shape index (κ2) is 10.3. The SMILES string of the molecule is CCN(CC)S(=O)(=O)c1ccc(C(=O)N=c2sc3cc(Cl)ccc3n2CCSC)cc1. The molecular formula is C21H24ClN3O3S3. The number of thiazole rings is 1. The van der Waals surface area contributed by atoms with Gasteiger partial charge in [-0.2, -0.15) is 21.1 Å². The summed E-state index contributed by atoms with van der Waals surface area (Å²) in [5.41, 5.74) is 1.32. The number of carbonyl (C=O) groups excluding carboxylic acids is 1. The molecule has 31 heavy (non-hydrogen) atoms. The lowest BCUT2D eigenvalue weighted by atomic mass is 10.2. The molecule has 0 spiro atoms. The van der Waals surface area contributed by atoms with Crippen LogP contribution in [0.3, 0.4) is 0 Å². The standard InChI is InChI=1S/C21H24ClN3O3S3/c1-4-24(5-2)31(27,28)17-9-6-15(7-10-17)20(26)23-21-25(12-13-29-3)18-11-8-16(22)14-19(18)30-21/h6-11,14H,4-5,12-13H2,1-3H3. The number of thioether (sulfide) groups is 1. The van der Waals surface area contributed by atoms with Crippen LogP contribution in [0.15, 0.2) is 52.4 Å². The van der Waals surface area contributed by atoms with Crippen LogP contribution < -0.4 is 4.80 Å². The first-order chi connectivity index (χ1) is 14.8. The van der Waals surface area contributed by atoms with E-state index in [2.05, 4.69) is 4.99 Å². The van der Waals surface area contributed by atoms with Crippen molar-refractivity contribution >= 4 is 60.8 Å². The van der Waals surface area contributed by atoms with Gasteiger partial charge in [0.25, 0.3) is 5.91 Å². The van der Waals surface area contributed by atoms with Gasteiger partial charge in [-0.1, -0.05) is 36.8 Å². The third-order valence-corrected chi connectivity index (χ3v) is 8.74. The van der Waals surface area contributed by atoms with Crippen LogP contribution in [-0.4, -0.2) is 48.3 Å². The van der Waals surface area contributed by atoms with Crippen LogP contribution in [0.5, 0.6) is 0 Å². The summed E-state index contributed by atoms with van der Waals surface area (Å²) in [6.45, 7) is 5.09. The highest BCUT2D eigenvalue weighted by molar-refractivity contribution is 7.98. The van der Waals surface area contributed by atoms with Crippen LogP contribution in [0.2, 0.25) is 5.02 Å². The van der Waals surface area contributed by atoms with E-state index in [1.807, 2.05) is 29.0 Å². The Labute approximate surface area is 195 Å². The lowest BCUT2D eigenvalue weighted by molar-refractivity contribution is 0.0997. The van der Waals surface area contributed by atoms with Crippen LogP contribution >= 0.6 is 34.7 Å². The number of aromatic nitrogens is 1. The molecule has 0 aliphatic rings. The number of nitrogens with zero attached hydrogens (tertiary/aromatic N) is 3. The van der Waals surface area contributed by atoms with Gasteiger partial charge in [0.2, 0.25) is 10.0 Å². The maximum absolute atomic E-state index is 12.8. The van der Waals surface area contributed by atoms with Crippen molar-refractivity contribution in [1.29, 1.82) is 0 Å². The Morgan fingerprint density at radius 1 is 1.16 bits per heavy atom. The lowest BCUT2D eigenvalue weighted by Gasteiger charge is -2.18. The number of aryl methyl sites for hydroxylation is 1. The first-order valence-electron chi connectivity index (χ1n) is 9.79. The van der Waals surface area contributed by atoms with Gasteiger partial charge in [0.15, 0.2) is 4.80 Å². The van der Waals surface area contributed by atoms with E-state index in [0.717, 1.165) is 22.5 Å². The number of rotatable bonds is 8. The van der Waals surface area contributed by atoms with E-state index in [1.165, 1.54) is 39.9 Å². The highest BCUT2D eigenvalue weighted by Gasteiger charge is 2.21. The summed E-state index contributed by atoms with van der Waals surface area (Å²) in [6, 6.07) is 11.6. The van der Waals surface area contributed by atoms with Gasteiger partial charge < -0.3 is 4.57 Å². The summed E-state index contributed by atoms with van der Waals surface area (Å²) in [5.74, 6) is 0.468. The fourth-order valence-electron chi connectivity index (χ4n) is 3.16. The molecule has 166 valence electrons. The van der Waals surface area contributed by atoms with Crippen molar-refractivity contribution in [3.05, 3.63) is 57.9 Å². The van der Waals surface area contributed by atoms with E-state index in [4.69, 9.17) is 11.6 Å². The summed E-state index contributed by atoms with van der Waals surface area (Å²) < 4.78 is 29.6. The number of hydrogen-bond acceptors (Lipinski definition) is 5. The minimum Gasteiger partial charge on any atom is -0.316 e. The molecule has 1 amide bonds. The van der Waals surface area contributed by atoms with E-state index in [-0.39, 0.29) is 4.90 Å². The highest BCUT2D eigenvalue weighted by Crippen LogP contribution is 2.22. The summed E-state index contributed by atoms with van der Waals surface area (Å²) >= 11 is 9.25. The Hall–Kier alpha value is -1.65. The van der Waals surface area contributed by atoms with Crippen molar-refractivity contribution in [2.45, 2.75) is 25.3 Å². The van der Waals surface area contributed by atoms with E-state index in [1.54, 1.807) is 25.6 Å². The average Bonchev–Trinajstić information content (AvgIpc) is 3.08. The van der Waals surface area contributed by atoms with Gasteiger partial charge in [-0.05, 0) is 48.7 Å². The third kappa shape index (κ3) is 5.23. The van der Waals surface area contributed by atoms with Gasteiger partial charge in [-0.15, -0.1) is 0 Å². The van der Waals surface area contributed by atoms with E-state index in [9.17, 15) is 13.2 Å². The molecule has 0 aliphatic carbocycles. The van der Waals surface area contributed by atoms with E-state index in [0.29, 0.717) is 28.5 Å². The summed E-state index contributed by atoms with van der Waals surface area (Å²) in [4.78, 5) is 17.9. The van der Waals surface area contributed by atoms with Crippen molar-refractivity contribution in [2.24, 2.45) is 4.99 Å². The molecule has 1 aromatic heterocycles. The molecule has 0 saturated heterocycles. The molecule has 10 heteroatoms. The Morgan fingerprint density at radius 2 is 1.84 bits per heavy atom. The Kier molecular flexibility index (Phi) is 7.98. The Morgan fingerprint density at radius 3 is 2.45 bits per heavy atom. The van der Waals surface area contributed by atoms with Crippen LogP contribution in [0.25, 0.3) is 10.2 Å². The van der Waals surface area contributed by atoms with E-state index >= 15 is 0 Å². The number of fused-ring (bicyclic) bond motifs is 1. The lowest BCUT2D eigenvalue weighted by Crippen LogP contribution is -2.30. The molecule has 0 unspecified atom stereocenters. The zero-order chi connectivity index (χ0) is 22.6. The average molecular weight is 498 g/mol. The molecule has 0 saturated carbocycles. The number of sulfonamides is 1. The fourth-order valence-corrected chi connectivity index (χ4v) is 6.32. The van der Waals surface area contributed by atoms with Gasteiger partial charge in [0, 0.05) is 36.0 Å². The van der Waals surface area contributed by atoms with Crippen LogP contribution in [0.4, 0.5) is 0 Å². The molecule has 0 radical (unpaired) electrons. The van der Waals surface area contributed by atoms with Gasteiger partial charge in [0.05, 0.1) is 15.1 Å². The minimum absolute atomic E-state index is 0.166. The van der Waals surface area contributed by atoms with Crippen molar-refractivity contribution in [3.8, 4) is 0 Å². The monoisotopic (exact) mass is 497 g/mol. The molecular weight excluding hydrogens is 474 g/mol. The second-order valence-electron chi connectivity index (χ2n) is 6.67. The predicted molar refractivity (Wildman–Crippen MR) is 130 cm³/mol. The normalized spacial score (nSPS) is 12.7. The summed E-state index contributed by atoms with van der Waals surface area (Å²) in [6.07, 6.45) is 2.03. The smallest absolute Gasteiger partial charge is 0.279 e. The summed E-state index contributed by atoms with van der Waals surface area (Å²) in [5, 5.41) is 0.633. The maximum atomic E-state index is 12.8. The van der Waals surface area contributed by atoms with Gasteiger partial charge in [-0.3, -0.25) is 4.79 Å². The quantitative estimate of drug-likeness (QED) is 0.459. The molecule has 3 rings (SSSR count). The van der Waals surface area contributed by atoms with Gasteiger partial charge >= 0.3 is 0 Å². The Balaban J connectivity index is 1.98. The topological polar surface area (TPSA) is 71.7 Å². The highest BCUT2D eigenvalue weighted by atomic mass is 35.5. The number of hydrogen-bond donors (Lipinski definition) is 0. The fraction of sp³-hybridized carbons (Fsp3) is 0.333. The van der Waals surface area contributed by atoms with Crippen molar-refractivity contribution < 1.29 is 13.2 Å². The second-order valence-corrected chi connectivity index (χ2v) is 11.0.